The summed E-state index contributed by atoms with van der Waals surface area (Å²) in [4.78, 5) is 22.8. The Kier molecular flexibility index (Phi) is 6.43. The van der Waals surface area contributed by atoms with E-state index in [1.807, 2.05) is 31.2 Å². The number of benzene rings is 1. The zero-order chi connectivity index (χ0) is 14.1. The third-order valence-corrected chi connectivity index (χ3v) is 2.60. The lowest BCUT2D eigenvalue weighted by molar-refractivity contribution is -0.120. The Hall–Kier alpha value is -2.04. The Bertz CT molecular complexity index is 415. The van der Waals surface area contributed by atoms with E-state index < -0.39 is 0 Å². The summed E-state index contributed by atoms with van der Waals surface area (Å²) in [6.07, 6.45) is 1.84. The second kappa shape index (κ2) is 8.13. The fourth-order valence-electron chi connectivity index (χ4n) is 1.49. The van der Waals surface area contributed by atoms with Crippen LogP contribution in [0.15, 0.2) is 24.3 Å². The first-order chi connectivity index (χ1) is 9.15. The molecule has 0 bridgehead atoms. The van der Waals surface area contributed by atoms with Gasteiger partial charge in [-0.15, -0.1) is 0 Å². The topological polar surface area (TPSA) is 70.2 Å². The van der Waals surface area contributed by atoms with Crippen molar-refractivity contribution in [3.63, 3.8) is 0 Å². The van der Waals surface area contributed by atoms with Gasteiger partial charge in [-0.25, -0.2) is 4.79 Å². The van der Waals surface area contributed by atoms with Gasteiger partial charge in [0.05, 0.1) is 6.54 Å². The maximum absolute atomic E-state index is 11.5. The number of anilines is 1. The number of nitrogens with one attached hydrogen (secondary N) is 3. The zero-order valence-electron chi connectivity index (χ0n) is 11.5. The Morgan fingerprint density at radius 3 is 2.32 bits per heavy atom. The molecule has 0 atom stereocenters. The molecule has 0 aliphatic rings. The quantitative estimate of drug-likeness (QED) is 0.733. The number of hydrogen-bond donors (Lipinski definition) is 3. The molecule has 0 spiro atoms. The van der Waals surface area contributed by atoms with Crippen LogP contribution >= 0.6 is 0 Å². The Labute approximate surface area is 113 Å². The molecular weight excluding hydrogens is 242 g/mol. The molecule has 3 N–H and O–H groups in total. The maximum atomic E-state index is 11.5. The van der Waals surface area contributed by atoms with Crippen molar-refractivity contribution in [2.24, 2.45) is 0 Å². The summed E-state index contributed by atoms with van der Waals surface area (Å²) in [6, 6.07) is 7.23. The molecule has 0 aliphatic heterocycles. The summed E-state index contributed by atoms with van der Waals surface area (Å²) in [5.41, 5.74) is 1.92. The van der Waals surface area contributed by atoms with E-state index in [2.05, 4.69) is 22.9 Å². The molecular formula is C14H21N3O2. The van der Waals surface area contributed by atoms with Crippen LogP contribution in [0.25, 0.3) is 0 Å². The lowest BCUT2D eigenvalue weighted by Gasteiger charge is -2.08. The largest absolute Gasteiger partial charge is 0.355 e. The van der Waals surface area contributed by atoms with Crippen LogP contribution in [0.1, 0.15) is 25.8 Å². The van der Waals surface area contributed by atoms with Crippen LogP contribution in [0.3, 0.4) is 0 Å². The summed E-state index contributed by atoms with van der Waals surface area (Å²) in [5.74, 6) is -0.182. The third-order valence-electron chi connectivity index (χ3n) is 2.60. The minimum atomic E-state index is -0.379. The molecule has 1 aromatic rings. The van der Waals surface area contributed by atoms with Crippen molar-refractivity contribution in [1.82, 2.24) is 10.6 Å². The molecule has 5 nitrogen and oxygen atoms in total. The van der Waals surface area contributed by atoms with E-state index in [0.29, 0.717) is 12.2 Å². The second-order valence-electron chi connectivity index (χ2n) is 4.21. The summed E-state index contributed by atoms with van der Waals surface area (Å²) in [5, 5.41) is 7.87. The Morgan fingerprint density at radius 2 is 1.74 bits per heavy atom. The fourth-order valence-corrected chi connectivity index (χ4v) is 1.49. The van der Waals surface area contributed by atoms with E-state index in [1.165, 1.54) is 5.56 Å². The van der Waals surface area contributed by atoms with Gasteiger partial charge in [-0.1, -0.05) is 26.0 Å². The van der Waals surface area contributed by atoms with Gasteiger partial charge >= 0.3 is 6.03 Å². The average Bonchev–Trinajstić information content (AvgIpc) is 2.43. The first-order valence-electron chi connectivity index (χ1n) is 6.56. The fraction of sp³-hybridized carbons (Fsp3) is 0.429. The molecule has 0 saturated carbocycles. The molecule has 0 radical (unpaired) electrons. The second-order valence-corrected chi connectivity index (χ2v) is 4.21. The average molecular weight is 263 g/mol. The molecule has 1 rings (SSSR count). The standard InChI is InChI=1S/C14H21N3O2/c1-3-9-15-13(18)10-16-14(19)17-12-7-5-11(4-2)6-8-12/h5-8H,3-4,9-10H2,1-2H3,(H,15,18)(H2,16,17,19). The number of carbonyl (C=O) groups is 2. The highest BCUT2D eigenvalue weighted by molar-refractivity contribution is 5.92. The van der Waals surface area contributed by atoms with E-state index in [-0.39, 0.29) is 18.5 Å². The highest BCUT2D eigenvalue weighted by atomic mass is 16.2. The molecule has 0 fully saturated rings. The van der Waals surface area contributed by atoms with Gasteiger partial charge in [0.15, 0.2) is 0 Å². The van der Waals surface area contributed by atoms with E-state index in [0.717, 1.165) is 12.8 Å². The van der Waals surface area contributed by atoms with Crippen molar-refractivity contribution in [1.29, 1.82) is 0 Å². The van der Waals surface area contributed by atoms with Crippen molar-refractivity contribution in [2.45, 2.75) is 26.7 Å². The molecule has 1 aromatic carbocycles. The summed E-state index contributed by atoms with van der Waals surface area (Å²) in [7, 11) is 0. The van der Waals surface area contributed by atoms with Crippen molar-refractivity contribution < 1.29 is 9.59 Å². The summed E-state index contributed by atoms with van der Waals surface area (Å²) in [6.45, 7) is 4.66. The molecule has 0 saturated heterocycles. The summed E-state index contributed by atoms with van der Waals surface area (Å²) >= 11 is 0. The van der Waals surface area contributed by atoms with Gasteiger partial charge in [0.2, 0.25) is 5.91 Å². The van der Waals surface area contributed by atoms with Crippen LogP contribution in [-0.2, 0) is 11.2 Å². The van der Waals surface area contributed by atoms with E-state index in [4.69, 9.17) is 0 Å². The van der Waals surface area contributed by atoms with Crippen LogP contribution in [0.2, 0.25) is 0 Å². The molecule has 5 heteroatoms. The zero-order valence-corrected chi connectivity index (χ0v) is 11.5. The number of urea groups is 1. The molecule has 104 valence electrons. The van der Waals surface area contributed by atoms with E-state index in [1.54, 1.807) is 0 Å². The van der Waals surface area contributed by atoms with Crippen molar-refractivity contribution >= 4 is 17.6 Å². The maximum Gasteiger partial charge on any atom is 0.319 e. The molecule has 19 heavy (non-hydrogen) atoms. The smallest absolute Gasteiger partial charge is 0.319 e. The van der Waals surface area contributed by atoms with E-state index in [9.17, 15) is 9.59 Å². The summed E-state index contributed by atoms with van der Waals surface area (Å²) < 4.78 is 0. The SMILES string of the molecule is CCCNC(=O)CNC(=O)Nc1ccc(CC)cc1. The molecule has 0 aliphatic carbocycles. The number of rotatable bonds is 6. The highest BCUT2D eigenvalue weighted by Crippen LogP contribution is 2.09. The number of carbonyl (C=O) groups excluding carboxylic acids is 2. The van der Waals surface area contributed by atoms with Crippen LogP contribution < -0.4 is 16.0 Å². The van der Waals surface area contributed by atoms with E-state index >= 15 is 0 Å². The minimum Gasteiger partial charge on any atom is -0.355 e. The molecule has 0 aromatic heterocycles. The lowest BCUT2D eigenvalue weighted by Crippen LogP contribution is -2.39. The van der Waals surface area contributed by atoms with Crippen LogP contribution in [-0.4, -0.2) is 25.0 Å². The Morgan fingerprint density at radius 1 is 1.05 bits per heavy atom. The van der Waals surface area contributed by atoms with Crippen molar-refractivity contribution in [3.8, 4) is 0 Å². The molecule has 0 heterocycles. The highest BCUT2D eigenvalue weighted by Gasteiger charge is 2.04. The minimum absolute atomic E-state index is 0.0150. The molecule has 3 amide bonds. The number of hydrogen-bond acceptors (Lipinski definition) is 2. The lowest BCUT2D eigenvalue weighted by atomic mass is 10.1. The first kappa shape index (κ1) is 15.0. The van der Waals surface area contributed by atoms with Gasteiger partial charge in [0.25, 0.3) is 0 Å². The monoisotopic (exact) mass is 263 g/mol. The predicted octanol–water partition coefficient (Wildman–Crippen LogP) is 1.90. The van der Waals surface area contributed by atoms with Crippen LogP contribution in [0.4, 0.5) is 10.5 Å². The molecule has 0 unspecified atom stereocenters. The van der Waals surface area contributed by atoms with Crippen LogP contribution in [0, 0.1) is 0 Å². The Balaban J connectivity index is 2.32. The predicted molar refractivity (Wildman–Crippen MR) is 76.1 cm³/mol. The van der Waals surface area contributed by atoms with Gasteiger partial charge in [-0.05, 0) is 30.5 Å². The number of aryl methyl sites for hydroxylation is 1. The van der Waals surface area contributed by atoms with Crippen molar-refractivity contribution in [2.75, 3.05) is 18.4 Å². The van der Waals surface area contributed by atoms with Gasteiger partial charge in [-0.2, -0.15) is 0 Å². The normalized spacial score (nSPS) is 9.79. The van der Waals surface area contributed by atoms with Crippen LogP contribution in [0.5, 0.6) is 0 Å². The first-order valence-corrected chi connectivity index (χ1v) is 6.56. The van der Waals surface area contributed by atoms with Gasteiger partial charge < -0.3 is 16.0 Å². The van der Waals surface area contributed by atoms with Gasteiger partial charge in [-0.3, -0.25) is 4.79 Å². The van der Waals surface area contributed by atoms with Crippen molar-refractivity contribution in [3.05, 3.63) is 29.8 Å². The third kappa shape index (κ3) is 5.90. The van der Waals surface area contributed by atoms with Gasteiger partial charge in [0, 0.05) is 12.2 Å². The van der Waals surface area contributed by atoms with Gasteiger partial charge in [0.1, 0.15) is 0 Å². The number of amides is 3.